The molecule has 0 amide bonds. The van der Waals surface area contributed by atoms with Gasteiger partial charge < -0.3 is 0 Å². The van der Waals surface area contributed by atoms with Crippen LogP contribution in [0.2, 0.25) is 0 Å². The Labute approximate surface area is 141 Å². The van der Waals surface area contributed by atoms with Crippen molar-refractivity contribution < 1.29 is 65.9 Å². The molecule has 0 bridgehead atoms. The average molecular weight is 438 g/mol. The lowest BCUT2D eigenvalue weighted by Gasteiger charge is -2.41. The summed E-state index contributed by atoms with van der Waals surface area (Å²) in [4.78, 5) is 0. The monoisotopic (exact) mass is 438 g/mol. The molecule has 0 nitrogen and oxygen atoms in total. The Bertz CT molecular complexity index is 539. The number of halogens is 15. The highest BCUT2D eigenvalue weighted by molar-refractivity contribution is 5.16. The first-order valence-corrected chi connectivity index (χ1v) is 6.57. The molecule has 0 radical (unpaired) electrons. The van der Waals surface area contributed by atoms with Crippen molar-refractivity contribution >= 4 is 0 Å². The van der Waals surface area contributed by atoms with Crippen molar-refractivity contribution in [3.05, 3.63) is 12.2 Å². The topological polar surface area (TPSA) is 0 Å². The summed E-state index contributed by atoms with van der Waals surface area (Å²) in [6.07, 6.45) is -9.11. The highest BCUT2D eigenvalue weighted by Gasteiger charge is 2.93. The first-order chi connectivity index (χ1) is 11.6. The zero-order valence-electron chi connectivity index (χ0n) is 12.7. The van der Waals surface area contributed by atoms with Crippen molar-refractivity contribution in [3.63, 3.8) is 0 Å². The van der Waals surface area contributed by atoms with Crippen molar-refractivity contribution in [2.24, 2.45) is 0 Å². The van der Waals surface area contributed by atoms with Crippen LogP contribution < -0.4 is 0 Å². The molecule has 0 rings (SSSR count). The molecule has 0 aliphatic carbocycles. The van der Waals surface area contributed by atoms with Gasteiger partial charge in [0.05, 0.1) is 0 Å². The molecule has 0 aliphatic rings. The van der Waals surface area contributed by atoms with Gasteiger partial charge in [-0.25, -0.2) is 0 Å². The second-order valence-electron chi connectivity index (χ2n) is 5.18. The van der Waals surface area contributed by atoms with E-state index in [1.54, 1.807) is 0 Å². The summed E-state index contributed by atoms with van der Waals surface area (Å²) in [5, 5.41) is 0. The Morgan fingerprint density at radius 1 is 0.519 bits per heavy atom. The molecular formula is C12H9F15. The van der Waals surface area contributed by atoms with Crippen LogP contribution >= 0.6 is 0 Å². The minimum Gasteiger partial charge on any atom is -0.195 e. The van der Waals surface area contributed by atoms with Crippen LogP contribution in [0.15, 0.2) is 12.2 Å². The van der Waals surface area contributed by atoms with Gasteiger partial charge in [0.15, 0.2) is 0 Å². The summed E-state index contributed by atoms with van der Waals surface area (Å²) in [5.74, 6) is -46.1. The predicted octanol–water partition coefficient (Wildman–Crippen LogP) is 6.72. The molecule has 0 atom stereocenters. The second kappa shape index (κ2) is 6.94. The zero-order chi connectivity index (χ0) is 22.3. The van der Waals surface area contributed by atoms with Crippen molar-refractivity contribution in [1.29, 1.82) is 0 Å². The summed E-state index contributed by atoms with van der Waals surface area (Å²) >= 11 is 0. The van der Waals surface area contributed by atoms with E-state index < -0.39 is 54.2 Å². The van der Waals surface area contributed by atoms with Gasteiger partial charge in [-0.1, -0.05) is 19.4 Å². The SMILES string of the molecule is CCC/C=C/C(F)(F)C(F)(F)C(F)(F)C(F)(F)C(F)(F)C(F)(F)C(F)(F)F. The maximum Gasteiger partial charge on any atom is 0.460 e. The van der Waals surface area contributed by atoms with Gasteiger partial charge in [0.2, 0.25) is 0 Å². The van der Waals surface area contributed by atoms with Crippen LogP contribution in [0.1, 0.15) is 19.8 Å². The Balaban J connectivity index is 6.39. The number of hydrogen-bond acceptors (Lipinski definition) is 0. The van der Waals surface area contributed by atoms with Crippen LogP contribution in [0.3, 0.4) is 0 Å². The number of allylic oxidation sites excluding steroid dienone is 2. The molecule has 0 N–H and O–H groups in total. The lowest BCUT2D eigenvalue weighted by atomic mass is 9.91. The van der Waals surface area contributed by atoms with E-state index in [0.29, 0.717) is 0 Å². The van der Waals surface area contributed by atoms with E-state index in [9.17, 15) is 65.9 Å². The van der Waals surface area contributed by atoms with Crippen molar-refractivity contribution in [1.82, 2.24) is 0 Å². The summed E-state index contributed by atoms with van der Waals surface area (Å²) in [6.45, 7) is 1.27. The largest absolute Gasteiger partial charge is 0.460 e. The van der Waals surface area contributed by atoms with Crippen LogP contribution in [0.5, 0.6) is 0 Å². The molecule has 0 aromatic carbocycles. The minimum atomic E-state index is -8.23. The Kier molecular flexibility index (Phi) is 6.60. The van der Waals surface area contributed by atoms with E-state index >= 15 is 0 Å². The van der Waals surface area contributed by atoms with Crippen LogP contribution in [0.4, 0.5) is 65.9 Å². The smallest absolute Gasteiger partial charge is 0.195 e. The number of alkyl halides is 15. The summed E-state index contributed by atoms with van der Waals surface area (Å²) in [5.41, 5.74) is 0. The third kappa shape index (κ3) is 3.69. The molecule has 15 heteroatoms. The van der Waals surface area contributed by atoms with Gasteiger partial charge in [0.1, 0.15) is 0 Å². The first kappa shape index (κ1) is 25.7. The van der Waals surface area contributed by atoms with Crippen LogP contribution in [-0.4, -0.2) is 41.7 Å². The molecule has 0 spiro atoms. The minimum absolute atomic E-state index is 0.0411. The van der Waals surface area contributed by atoms with E-state index in [0.717, 1.165) is 0 Å². The molecule has 0 saturated heterocycles. The van der Waals surface area contributed by atoms with Crippen LogP contribution in [0, 0.1) is 0 Å². The van der Waals surface area contributed by atoms with E-state index in [2.05, 4.69) is 0 Å². The van der Waals surface area contributed by atoms with Crippen LogP contribution in [-0.2, 0) is 0 Å². The van der Waals surface area contributed by atoms with Gasteiger partial charge in [-0.15, -0.1) is 0 Å². The lowest BCUT2D eigenvalue weighted by Crippen LogP contribution is -2.72. The quantitative estimate of drug-likeness (QED) is 0.292. The number of rotatable bonds is 8. The Morgan fingerprint density at radius 2 is 0.852 bits per heavy atom. The third-order valence-corrected chi connectivity index (χ3v) is 3.13. The fourth-order valence-corrected chi connectivity index (χ4v) is 1.48. The molecule has 0 aromatic heterocycles. The van der Waals surface area contributed by atoms with Gasteiger partial charge in [-0.3, -0.25) is 0 Å². The standard InChI is InChI=1S/C12H9F15/c1-2-3-4-5-6(13,14)7(15,16)8(17,18)9(19,20)10(21,22)11(23,24)12(25,26)27/h4-5H,2-3H2,1H3/b5-4+. The van der Waals surface area contributed by atoms with Gasteiger partial charge in [0.25, 0.3) is 0 Å². The molecule has 0 unspecified atom stereocenters. The highest BCUT2D eigenvalue weighted by Crippen LogP contribution is 2.62. The average Bonchev–Trinajstić information content (AvgIpc) is 2.45. The normalized spacial score (nSPS) is 16.3. The Morgan fingerprint density at radius 3 is 1.19 bits per heavy atom. The van der Waals surface area contributed by atoms with E-state index in [-0.39, 0.29) is 12.5 Å². The number of unbranched alkanes of at least 4 members (excludes halogenated alkanes) is 1. The molecule has 0 aromatic rings. The van der Waals surface area contributed by atoms with E-state index in [1.807, 2.05) is 0 Å². The summed E-state index contributed by atoms with van der Waals surface area (Å²) < 4.78 is 192. The predicted molar refractivity (Wildman–Crippen MR) is 59.8 cm³/mol. The number of hydrogen-bond donors (Lipinski definition) is 0. The molecule has 0 fully saturated rings. The van der Waals surface area contributed by atoms with Gasteiger partial charge >= 0.3 is 41.7 Å². The maximum atomic E-state index is 13.2. The van der Waals surface area contributed by atoms with Crippen LogP contribution in [0.25, 0.3) is 0 Å². The van der Waals surface area contributed by atoms with Crippen molar-refractivity contribution in [2.75, 3.05) is 0 Å². The zero-order valence-corrected chi connectivity index (χ0v) is 12.7. The molecule has 0 saturated carbocycles. The Hall–Kier alpha value is -1.31. The van der Waals surface area contributed by atoms with Gasteiger partial charge in [-0.05, 0) is 12.5 Å². The summed E-state index contributed by atoms with van der Waals surface area (Å²) in [6, 6.07) is 0. The van der Waals surface area contributed by atoms with E-state index in [4.69, 9.17) is 0 Å². The van der Waals surface area contributed by atoms with E-state index in [1.165, 1.54) is 6.92 Å². The maximum absolute atomic E-state index is 13.2. The van der Waals surface area contributed by atoms with Gasteiger partial charge in [-0.2, -0.15) is 65.9 Å². The summed E-state index contributed by atoms with van der Waals surface area (Å²) in [7, 11) is 0. The van der Waals surface area contributed by atoms with Crippen molar-refractivity contribution in [3.8, 4) is 0 Å². The first-order valence-electron chi connectivity index (χ1n) is 6.57. The second-order valence-corrected chi connectivity index (χ2v) is 5.18. The fourth-order valence-electron chi connectivity index (χ4n) is 1.48. The molecule has 27 heavy (non-hydrogen) atoms. The third-order valence-electron chi connectivity index (χ3n) is 3.13. The van der Waals surface area contributed by atoms with Crippen molar-refractivity contribution in [2.45, 2.75) is 61.5 Å². The molecule has 162 valence electrons. The highest BCUT2D eigenvalue weighted by atomic mass is 19.4. The lowest BCUT2D eigenvalue weighted by molar-refractivity contribution is -0.449. The fraction of sp³-hybridized carbons (Fsp3) is 0.833. The molecular weight excluding hydrogens is 429 g/mol. The molecule has 0 aliphatic heterocycles. The molecule has 0 heterocycles. The van der Waals surface area contributed by atoms with Gasteiger partial charge in [0, 0.05) is 0 Å².